The summed E-state index contributed by atoms with van der Waals surface area (Å²) in [6.07, 6.45) is 4.03. The van der Waals surface area contributed by atoms with Gasteiger partial charge in [0.1, 0.15) is 5.78 Å². The van der Waals surface area contributed by atoms with Gasteiger partial charge < -0.3 is 0 Å². The highest BCUT2D eigenvalue weighted by Crippen LogP contribution is 2.53. The quantitative estimate of drug-likeness (QED) is 0.478. The summed E-state index contributed by atoms with van der Waals surface area (Å²) in [5, 5.41) is 0. The predicted octanol–water partition coefficient (Wildman–Crippen LogP) is 1.62. The zero-order valence-electron chi connectivity index (χ0n) is 5.35. The first-order valence-electron chi connectivity index (χ1n) is 3.46. The van der Waals surface area contributed by atoms with Gasteiger partial charge >= 0.3 is 0 Å². The van der Waals surface area contributed by atoms with Crippen molar-refractivity contribution >= 4 is 17.5 Å². The normalized spacial score (nSPS) is 30.9. The molecular formula is C7H10OS. The van der Waals surface area contributed by atoms with Crippen molar-refractivity contribution in [2.45, 2.75) is 30.4 Å². The predicted molar refractivity (Wildman–Crippen MR) is 38.7 cm³/mol. The number of carbonyl (C=O) groups is 1. The van der Waals surface area contributed by atoms with Crippen LogP contribution < -0.4 is 0 Å². The lowest BCUT2D eigenvalue weighted by atomic mass is 9.90. The Balaban J connectivity index is 1.98. The third kappa shape index (κ3) is 1.00. The van der Waals surface area contributed by atoms with Crippen LogP contribution in [0.4, 0.5) is 0 Å². The second-order valence-corrected chi connectivity index (χ2v) is 4.45. The number of thioether (sulfide) groups is 1. The van der Waals surface area contributed by atoms with Crippen molar-refractivity contribution in [2.24, 2.45) is 0 Å². The summed E-state index contributed by atoms with van der Waals surface area (Å²) < 4.78 is 0.605. The Labute approximate surface area is 59.2 Å². The number of ketones is 1. The van der Waals surface area contributed by atoms with Crippen molar-refractivity contribution in [3.8, 4) is 0 Å². The maximum absolute atomic E-state index is 10.8. The average molecular weight is 142 g/mol. The van der Waals surface area contributed by atoms with E-state index in [9.17, 15) is 4.79 Å². The molecule has 0 unspecified atom stereocenters. The third-order valence-corrected chi connectivity index (χ3v) is 3.78. The molecule has 2 heteroatoms. The summed E-state index contributed by atoms with van der Waals surface area (Å²) in [6.45, 7) is 0. The molecule has 1 saturated carbocycles. The molecule has 0 aromatic rings. The molecule has 50 valence electrons. The maximum atomic E-state index is 10.8. The molecular weight excluding hydrogens is 132 g/mol. The molecule has 2 fully saturated rings. The lowest BCUT2D eigenvalue weighted by Gasteiger charge is -2.17. The SMILES string of the molecule is O=C1CCC2(CC1)CS2. The van der Waals surface area contributed by atoms with Gasteiger partial charge in [-0.25, -0.2) is 0 Å². The second kappa shape index (κ2) is 1.75. The van der Waals surface area contributed by atoms with Gasteiger partial charge in [0.15, 0.2) is 0 Å². The van der Waals surface area contributed by atoms with Crippen LogP contribution in [0.1, 0.15) is 25.7 Å². The van der Waals surface area contributed by atoms with Gasteiger partial charge in [-0.1, -0.05) is 0 Å². The van der Waals surface area contributed by atoms with E-state index in [-0.39, 0.29) is 0 Å². The molecule has 0 N–H and O–H groups in total. The van der Waals surface area contributed by atoms with Crippen LogP contribution in [-0.4, -0.2) is 16.3 Å². The van der Waals surface area contributed by atoms with Crippen molar-refractivity contribution in [3.05, 3.63) is 0 Å². The Morgan fingerprint density at radius 3 is 2.33 bits per heavy atom. The van der Waals surface area contributed by atoms with Crippen LogP contribution in [0, 0.1) is 0 Å². The summed E-state index contributed by atoms with van der Waals surface area (Å²) in [7, 11) is 0. The fourth-order valence-electron chi connectivity index (χ4n) is 1.38. The molecule has 0 aromatic carbocycles. The van der Waals surface area contributed by atoms with Crippen molar-refractivity contribution in [1.29, 1.82) is 0 Å². The molecule has 0 bridgehead atoms. The molecule has 1 nitrogen and oxygen atoms in total. The fraction of sp³-hybridized carbons (Fsp3) is 0.857. The monoisotopic (exact) mass is 142 g/mol. The molecule has 1 aliphatic carbocycles. The molecule has 0 atom stereocenters. The molecule has 9 heavy (non-hydrogen) atoms. The minimum atomic E-state index is 0.480. The summed E-state index contributed by atoms with van der Waals surface area (Å²) in [5.41, 5.74) is 0. The van der Waals surface area contributed by atoms with E-state index < -0.39 is 0 Å². The van der Waals surface area contributed by atoms with Crippen molar-refractivity contribution in [2.75, 3.05) is 5.75 Å². The highest BCUT2D eigenvalue weighted by Gasteiger charge is 2.45. The first-order chi connectivity index (χ1) is 4.31. The van der Waals surface area contributed by atoms with E-state index >= 15 is 0 Å². The van der Waals surface area contributed by atoms with Gasteiger partial charge in [-0.2, -0.15) is 11.8 Å². The van der Waals surface area contributed by atoms with E-state index in [4.69, 9.17) is 0 Å². The Morgan fingerprint density at radius 1 is 1.33 bits per heavy atom. The zero-order chi connectivity index (χ0) is 6.32. The van der Waals surface area contributed by atoms with Crippen LogP contribution in [0.2, 0.25) is 0 Å². The van der Waals surface area contributed by atoms with Crippen molar-refractivity contribution in [1.82, 2.24) is 0 Å². The fourth-order valence-corrected chi connectivity index (χ4v) is 2.36. The first-order valence-corrected chi connectivity index (χ1v) is 4.45. The highest BCUT2D eigenvalue weighted by atomic mass is 32.2. The maximum Gasteiger partial charge on any atom is 0.133 e. The van der Waals surface area contributed by atoms with E-state index in [1.54, 1.807) is 0 Å². The lowest BCUT2D eigenvalue weighted by molar-refractivity contribution is -0.120. The minimum absolute atomic E-state index is 0.480. The smallest absolute Gasteiger partial charge is 0.133 e. The van der Waals surface area contributed by atoms with Crippen LogP contribution in [0.25, 0.3) is 0 Å². The van der Waals surface area contributed by atoms with Gasteiger partial charge in [-0.05, 0) is 12.8 Å². The summed E-state index contributed by atoms with van der Waals surface area (Å²) in [6, 6.07) is 0. The highest BCUT2D eigenvalue weighted by molar-refractivity contribution is 8.07. The molecule has 0 radical (unpaired) electrons. The van der Waals surface area contributed by atoms with Gasteiger partial charge in [-0.15, -0.1) is 0 Å². The molecule has 1 saturated heterocycles. The summed E-state index contributed by atoms with van der Waals surface area (Å²) in [5.74, 6) is 1.80. The van der Waals surface area contributed by atoms with Crippen LogP contribution in [0.5, 0.6) is 0 Å². The Kier molecular flexibility index (Phi) is 1.12. The second-order valence-electron chi connectivity index (χ2n) is 3.01. The molecule has 1 heterocycles. The molecule has 1 spiro atoms. The lowest BCUT2D eigenvalue weighted by Crippen LogP contribution is -2.19. The number of hydrogen-bond acceptors (Lipinski definition) is 2. The van der Waals surface area contributed by atoms with Gasteiger partial charge in [-0.3, -0.25) is 4.79 Å². The largest absolute Gasteiger partial charge is 0.300 e. The Bertz CT molecular complexity index is 137. The van der Waals surface area contributed by atoms with Gasteiger partial charge in [0.05, 0.1) is 0 Å². The Morgan fingerprint density at radius 2 is 1.89 bits per heavy atom. The molecule has 0 amide bonds. The van der Waals surface area contributed by atoms with Crippen LogP contribution in [-0.2, 0) is 4.79 Å². The van der Waals surface area contributed by atoms with Gasteiger partial charge in [0.25, 0.3) is 0 Å². The molecule has 1 aliphatic heterocycles. The number of carbonyl (C=O) groups excluding carboxylic acids is 1. The van der Waals surface area contributed by atoms with Gasteiger partial charge in [0.2, 0.25) is 0 Å². The van der Waals surface area contributed by atoms with Crippen LogP contribution in [0.3, 0.4) is 0 Å². The van der Waals surface area contributed by atoms with Crippen molar-refractivity contribution in [3.63, 3.8) is 0 Å². The number of Topliss-reactive ketones (excluding diaryl/α,β-unsaturated/α-hetero) is 1. The first kappa shape index (κ1) is 5.78. The standard InChI is InChI=1S/C7H10OS/c8-6-1-3-7(4-2-6)5-9-7/h1-5H2. The zero-order valence-corrected chi connectivity index (χ0v) is 6.17. The van der Waals surface area contributed by atoms with Gasteiger partial charge in [0, 0.05) is 23.3 Å². The average Bonchev–Trinajstić information content (AvgIpc) is 2.60. The minimum Gasteiger partial charge on any atom is -0.300 e. The van der Waals surface area contributed by atoms with E-state index in [0.717, 1.165) is 25.7 Å². The summed E-state index contributed by atoms with van der Waals surface area (Å²) in [4.78, 5) is 10.8. The number of rotatable bonds is 0. The van der Waals surface area contributed by atoms with E-state index in [1.165, 1.54) is 5.75 Å². The topological polar surface area (TPSA) is 17.1 Å². The van der Waals surface area contributed by atoms with Crippen LogP contribution >= 0.6 is 11.8 Å². The Hall–Kier alpha value is 0.0200. The third-order valence-electron chi connectivity index (χ3n) is 2.27. The van der Waals surface area contributed by atoms with Crippen molar-refractivity contribution < 1.29 is 4.79 Å². The van der Waals surface area contributed by atoms with E-state index in [2.05, 4.69) is 0 Å². The molecule has 0 aromatic heterocycles. The van der Waals surface area contributed by atoms with E-state index in [0.29, 0.717) is 10.5 Å². The number of hydrogen-bond donors (Lipinski definition) is 0. The molecule has 2 aliphatic rings. The van der Waals surface area contributed by atoms with Crippen LogP contribution in [0.15, 0.2) is 0 Å². The molecule has 2 rings (SSSR count). The van der Waals surface area contributed by atoms with E-state index in [1.807, 2.05) is 11.8 Å². The summed E-state index contributed by atoms with van der Waals surface area (Å²) >= 11 is 2.04.